The molecule has 1 aromatic carbocycles. The van der Waals surface area contributed by atoms with Crippen LogP contribution in [0.25, 0.3) is 0 Å². The maximum Gasteiger partial charge on any atom is 0.262 e. The van der Waals surface area contributed by atoms with E-state index in [2.05, 4.69) is 20.0 Å². The van der Waals surface area contributed by atoms with Gasteiger partial charge in [-0.1, -0.05) is 6.07 Å². The van der Waals surface area contributed by atoms with Crippen molar-refractivity contribution in [2.75, 3.05) is 11.8 Å². The topological polar surface area (TPSA) is 84.0 Å². The Morgan fingerprint density at radius 3 is 2.60 bits per heavy atom. The van der Waals surface area contributed by atoms with Crippen molar-refractivity contribution in [2.45, 2.75) is 11.4 Å². The second-order valence-electron chi connectivity index (χ2n) is 4.02. The van der Waals surface area contributed by atoms with Gasteiger partial charge in [-0.2, -0.15) is 0 Å². The molecule has 0 aliphatic carbocycles. The summed E-state index contributed by atoms with van der Waals surface area (Å²) >= 11 is 0. The summed E-state index contributed by atoms with van der Waals surface area (Å²) in [7, 11) is -2.22. The van der Waals surface area contributed by atoms with Crippen LogP contribution in [0, 0.1) is 5.82 Å². The smallest absolute Gasteiger partial charge is 0.262 e. The molecule has 0 amide bonds. The van der Waals surface area contributed by atoms with Gasteiger partial charge in [0.1, 0.15) is 12.1 Å². The Hall–Kier alpha value is -2.06. The number of halogens is 1. The molecule has 0 radical (unpaired) electrons. The van der Waals surface area contributed by atoms with Gasteiger partial charge < -0.3 is 5.32 Å². The van der Waals surface area contributed by atoms with E-state index in [0.29, 0.717) is 12.1 Å². The number of rotatable bonds is 5. The predicted molar refractivity (Wildman–Crippen MR) is 72.0 cm³/mol. The largest absolute Gasteiger partial charge is 0.316 e. The number of aromatic nitrogens is 2. The average Bonchev–Trinajstić information content (AvgIpc) is 2.41. The van der Waals surface area contributed by atoms with E-state index in [1.165, 1.54) is 30.9 Å². The summed E-state index contributed by atoms with van der Waals surface area (Å²) in [5.41, 5.74) is 0.686. The maximum absolute atomic E-state index is 13.3. The minimum Gasteiger partial charge on any atom is -0.316 e. The Kier molecular flexibility index (Phi) is 4.26. The highest BCUT2D eigenvalue weighted by Gasteiger charge is 2.19. The lowest BCUT2D eigenvalue weighted by Crippen LogP contribution is -2.18. The summed E-state index contributed by atoms with van der Waals surface area (Å²) in [5.74, 6) is -0.616. The molecule has 2 rings (SSSR count). The van der Waals surface area contributed by atoms with E-state index in [1.54, 1.807) is 7.05 Å². The van der Waals surface area contributed by atoms with E-state index < -0.39 is 15.8 Å². The van der Waals surface area contributed by atoms with E-state index in [1.807, 2.05) is 0 Å². The lowest BCUT2D eigenvalue weighted by molar-refractivity contribution is 0.592. The van der Waals surface area contributed by atoms with Gasteiger partial charge in [-0.3, -0.25) is 4.72 Å². The number of hydrogen-bond acceptors (Lipinski definition) is 5. The summed E-state index contributed by atoms with van der Waals surface area (Å²) in [6, 6.07) is 3.64. The van der Waals surface area contributed by atoms with Crippen LogP contribution in [0.3, 0.4) is 0 Å². The van der Waals surface area contributed by atoms with Gasteiger partial charge in [0, 0.05) is 6.54 Å². The fraction of sp³-hybridized carbons (Fsp3) is 0.167. The van der Waals surface area contributed by atoms with Gasteiger partial charge in [0.05, 0.1) is 23.0 Å². The summed E-state index contributed by atoms with van der Waals surface area (Å²) in [6.45, 7) is 0.307. The van der Waals surface area contributed by atoms with Gasteiger partial charge in [0.25, 0.3) is 10.0 Å². The summed E-state index contributed by atoms with van der Waals surface area (Å²) in [4.78, 5) is 7.31. The first kappa shape index (κ1) is 14.4. The third-order valence-electron chi connectivity index (χ3n) is 2.50. The molecule has 20 heavy (non-hydrogen) atoms. The van der Waals surface area contributed by atoms with Crippen LogP contribution in [0.15, 0.2) is 41.8 Å². The SMILES string of the molecule is CNCc1ccc(F)cc1S(=O)(=O)Nc1cncnc1. The van der Waals surface area contributed by atoms with E-state index >= 15 is 0 Å². The molecule has 0 saturated heterocycles. The lowest BCUT2D eigenvalue weighted by Gasteiger charge is -2.12. The van der Waals surface area contributed by atoms with E-state index in [9.17, 15) is 12.8 Å². The molecule has 1 aromatic heterocycles. The maximum atomic E-state index is 13.3. The summed E-state index contributed by atoms with van der Waals surface area (Å²) < 4.78 is 40.2. The highest BCUT2D eigenvalue weighted by atomic mass is 32.2. The Morgan fingerprint density at radius 2 is 1.95 bits per heavy atom. The number of anilines is 1. The zero-order valence-corrected chi connectivity index (χ0v) is 11.5. The third kappa shape index (κ3) is 3.28. The average molecular weight is 296 g/mol. The first-order chi connectivity index (χ1) is 9.53. The highest BCUT2D eigenvalue weighted by molar-refractivity contribution is 7.92. The van der Waals surface area contributed by atoms with Gasteiger partial charge in [-0.05, 0) is 24.7 Å². The van der Waals surface area contributed by atoms with Crippen molar-refractivity contribution in [2.24, 2.45) is 0 Å². The van der Waals surface area contributed by atoms with Gasteiger partial charge in [-0.15, -0.1) is 0 Å². The van der Waals surface area contributed by atoms with Crippen LogP contribution >= 0.6 is 0 Å². The quantitative estimate of drug-likeness (QED) is 0.864. The third-order valence-corrected chi connectivity index (χ3v) is 3.96. The zero-order valence-electron chi connectivity index (χ0n) is 10.7. The van der Waals surface area contributed by atoms with Crippen LogP contribution in [-0.2, 0) is 16.6 Å². The molecule has 0 atom stereocenters. The van der Waals surface area contributed by atoms with Gasteiger partial charge >= 0.3 is 0 Å². The molecule has 0 spiro atoms. The predicted octanol–water partition coefficient (Wildman–Crippen LogP) is 1.14. The molecule has 0 saturated carbocycles. The molecule has 0 aliphatic rings. The van der Waals surface area contributed by atoms with Crippen LogP contribution in [0.1, 0.15) is 5.56 Å². The molecule has 0 bridgehead atoms. The molecule has 106 valence electrons. The van der Waals surface area contributed by atoms with Crippen LogP contribution in [0.2, 0.25) is 0 Å². The highest BCUT2D eigenvalue weighted by Crippen LogP contribution is 2.20. The zero-order chi connectivity index (χ0) is 14.6. The van der Waals surface area contributed by atoms with Crippen LogP contribution in [0.4, 0.5) is 10.1 Å². The molecule has 0 aliphatic heterocycles. The second-order valence-corrected chi connectivity index (χ2v) is 5.67. The molecule has 0 fully saturated rings. The number of nitrogens with zero attached hydrogens (tertiary/aromatic N) is 2. The van der Waals surface area contributed by atoms with Crippen molar-refractivity contribution < 1.29 is 12.8 Å². The van der Waals surface area contributed by atoms with Crippen molar-refractivity contribution in [3.8, 4) is 0 Å². The second kappa shape index (κ2) is 5.93. The van der Waals surface area contributed by atoms with Crippen LogP contribution in [-0.4, -0.2) is 25.4 Å². The van der Waals surface area contributed by atoms with Crippen molar-refractivity contribution in [3.05, 3.63) is 48.3 Å². The Balaban J connectivity index is 2.41. The van der Waals surface area contributed by atoms with Crippen molar-refractivity contribution in [1.82, 2.24) is 15.3 Å². The normalized spacial score (nSPS) is 11.3. The Bertz CT molecular complexity index is 692. The molecular weight excluding hydrogens is 283 g/mol. The van der Waals surface area contributed by atoms with Gasteiger partial charge in [0.2, 0.25) is 0 Å². The van der Waals surface area contributed by atoms with Crippen LogP contribution < -0.4 is 10.0 Å². The minimum atomic E-state index is -3.90. The van der Waals surface area contributed by atoms with E-state index in [4.69, 9.17) is 0 Å². The van der Waals surface area contributed by atoms with Crippen molar-refractivity contribution in [1.29, 1.82) is 0 Å². The fourth-order valence-corrected chi connectivity index (χ4v) is 2.96. The van der Waals surface area contributed by atoms with E-state index in [-0.39, 0.29) is 10.6 Å². The van der Waals surface area contributed by atoms with Crippen LogP contribution in [0.5, 0.6) is 0 Å². The molecule has 1 heterocycles. The molecule has 2 N–H and O–H groups in total. The van der Waals surface area contributed by atoms with E-state index in [0.717, 1.165) is 6.07 Å². The van der Waals surface area contributed by atoms with Crippen molar-refractivity contribution >= 4 is 15.7 Å². The number of sulfonamides is 1. The first-order valence-electron chi connectivity index (χ1n) is 5.74. The molecular formula is C12H13FN4O2S. The molecule has 2 aromatic rings. The van der Waals surface area contributed by atoms with Gasteiger partial charge in [0.15, 0.2) is 0 Å². The summed E-state index contributed by atoms with van der Waals surface area (Å²) in [5, 5.41) is 2.84. The Labute approximate surface area is 116 Å². The Morgan fingerprint density at radius 1 is 1.25 bits per heavy atom. The monoisotopic (exact) mass is 296 g/mol. The lowest BCUT2D eigenvalue weighted by atomic mass is 10.2. The number of nitrogens with one attached hydrogen (secondary N) is 2. The standard InChI is InChI=1S/C12H13FN4O2S/c1-14-5-9-2-3-10(13)4-12(9)20(18,19)17-11-6-15-8-16-7-11/h2-4,6-8,14,17H,5H2,1H3. The first-order valence-corrected chi connectivity index (χ1v) is 7.22. The number of benzene rings is 1. The molecule has 8 heteroatoms. The van der Waals surface area contributed by atoms with Gasteiger partial charge in [-0.25, -0.2) is 22.8 Å². The number of hydrogen-bond donors (Lipinski definition) is 2. The molecule has 0 unspecified atom stereocenters. The summed E-state index contributed by atoms with van der Waals surface area (Å²) in [6.07, 6.45) is 3.93. The van der Waals surface area contributed by atoms with Crippen molar-refractivity contribution in [3.63, 3.8) is 0 Å². The fourth-order valence-electron chi connectivity index (χ4n) is 1.68. The molecule has 6 nitrogen and oxygen atoms in total. The minimum absolute atomic E-state index is 0.115.